The highest BCUT2D eigenvalue weighted by molar-refractivity contribution is 9.11. The third-order valence-electron chi connectivity index (χ3n) is 1.13. The van der Waals surface area contributed by atoms with Gasteiger partial charge in [0.05, 0.1) is 4.47 Å². The van der Waals surface area contributed by atoms with Crippen LogP contribution in [0.2, 0.25) is 0 Å². The van der Waals surface area contributed by atoms with Crippen molar-refractivity contribution in [2.45, 2.75) is 0 Å². The highest BCUT2D eigenvalue weighted by atomic mass is 79.9. The number of benzene rings is 1. The van der Waals surface area contributed by atoms with Crippen molar-refractivity contribution in [3.63, 3.8) is 0 Å². The Morgan fingerprint density at radius 2 is 1.92 bits per heavy atom. The van der Waals surface area contributed by atoms with E-state index in [9.17, 15) is 0 Å². The van der Waals surface area contributed by atoms with Crippen LogP contribution in [0.4, 0.5) is 0 Å². The molecule has 0 radical (unpaired) electrons. The van der Waals surface area contributed by atoms with Gasteiger partial charge < -0.3 is 14.7 Å². The van der Waals surface area contributed by atoms with E-state index >= 15 is 0 Å². The van der Waals surface area contributed by atoms with Gasteiger partial charge in [-0.05, 0) is 34.1 Å². The molecule has 12 heavy (non-hydrogen) atoms. The minimum Gasteiger partial charge on any atom is -0.511 e. The largest absolute Gasteiger partial charge is 0.707 e. The number of halogens is 2. The van der Waals surface area contributed by atoms with Crippen molar-refractivity contribution in [1.82, 2.24) is 0 Å². The van der Waals surface area contributed by atoms with Crippen molar-refractivity contribution in [2.75, 3.05) is 0 Å². The minimum absolute atomic E-state index is 0.383. The van der Waals surface area contributed by atoms with E-state index in [1.165, 1.54) is 0 Å². The summed E-state index contributed by atoms with van der Waals surface area (Å²) >= 11 is 6.45. The molecule has 0 fully saturated rings. The fraction of sp³-hybridized carbons (Fsp3) is 0. The van der Waals surface area contributed by atoms with Gasteiger partial charge in [0.25, 0.3) is 0 Å². The fourth-order valence-corrected chi connectivity index (χ4v) is 1.82. The second-order valence-corrected chi connectivity index (χ2v) is 3.79. The van der Waals surface area contributed by atoms with Crippen molar-refractivity contribution in [3.8, 4) is 5.75 Å². The van der Waals surface area contributed by atoms with Gasteiger partial charge in [-0.1, -0.05) is 15.9 Å². The molecule has 0 atom stereocenters. The van der Waals surface area contributed by atoms with Crippen LogP contribution in [0.1, 0.15) is 0 Å². The zero-order chi connectivity index (χ0) is 9.14. The van der Waals surface area contributed by atoms with Gasteiger partial charge in [0.15, 0.2) is 0 Å². The quantitative estimate of drug-likeness (QED) is 0.814. The van der Waals surface area contributed by atoms with E-state index in [0.29, 0.717) is 10.2 Å². The third-order valence-corrected chi connectivity index (χ3v) is 2.24. The van der Waals surface area contributed by atoms with Crippen molar-refractivity contribution in [2.24, 2.45) is 0 Å². The van der Waals surface area contributed by atoms with E-state index in [4.69, 9.17) is 10.0 Å². The Balaban J connectivity index is 2.86. The molecular formula is C6H5BBr2O3. The number of hydrogen-bond donors (Lipinski definition) is 2. The van der Waals surface area contributed by atoms with Crippen LogP contribution in [0, 0.1) is 0 Å². The van der Waals surface area contributed by atoms with Crippen LogP contribution in [0.5, 0.6) is 5.75 Å². The van der Waals surface area contributed by atoms with Gasteiger partial charge in [-0.2, -0.15) is 0 Å². The Kier molecular flexibility index (Phi) is 3.58. The lowest BCUT2D eigenvalue weighted by molar-refractivity contribution is 0.287. The zero-order valence-electron chi connectivity index (χ0n) is 5.87. The van der Waals surface area contributed by atoms with Gasteiger partial charge in [-0.15, -0.1) is 0 Å². The molecule has 0 saturated heterocycles. The van der Waals surface area contributed by atoms with Gasteiger partial charge in [-0.3, -0.25) is 0 Å². The molecule has 0 bridgehead atoms. The molecule has 0 saturated carbocycles. The maximum atomic E-state index is 8.50. The molecule has 0 aliphatic rings. The van der Waals surface area contributed by atoms with E-state index in [0.717, 1.165) is 4.47 Å². The second-order valence-electron chi connectivity index (χ2n) is 2.02. The molecule has 0 aliphatic heterocycles. The summed E-state index contributed by atoms with van der Waals surface area (Å²) in [5, 5.41) is 17.0. The Morgan fingerprint density at radius 3 is 2.42 bits per heavy atom. The fourth-order valence-electron chi connectivity index (χ4n) is 0.684. The summed E-state index contributed by atoms with van der Waals surface area (Å²) < 4.78 is 6.18. The first-order chi connectivity index (χ1) is 5.59. The number of hydrogen-bond acceptors (Lipinski definition) is 3. The van der Waals surface area contributed by atoms with Crippen LogP contribution in [0.3, 0.4) is 0 Å². The van der Waals surface area contributed by atoms with E-state index in [2.05, 4.69) is 36.5 Å². The Bertz CT molecular complexity index is 279. The molecule has 0 aliphatic carbocycles. The summed E-state index contributed by atoms with van der Waals surface area (Å²) in [4.78, 5) is 0. The predicted molar refractivity (Wildman–Crippen MR) is 52.7 cm³/mol. The molecule has 6 heteroatoms. The van der Waals surface area contributed by atoms with Gasteiger partial charge in [-0.25, -0.2) is 0 Å². The maximum Gasteiger partial charge on any atom is 0.707 e. The van der Waals surface area contributed by atoms with Crippen LogP contribution >= 0.6 is 31.9 Å². The van der Waals surface area contributed by atoms with E-state index in [1.54, 1.807) is 18.2 Å². The molecule has 1 aromatic carbocycles. The summed E-state index contributed by atoms with van der Waals surface area (Å²) in [5.41, 5.74) is 0. The van der Waals surface area contributed by atoms with E-state index in [-0.39, 0.29) is 0 Å². The highest BCUT2D eigenvalue weighted by Crippen LogP contribution is 2.28. The van der Waals surface area contributed by atoms with Crippen molar-refractivity contribution in [1.29, 1.82) is 0 Å². The normalized spacial score (nSPS) is 9.67. The van der Waals surface area contributed by atoms with E-state index in [1.807, 2.05) is 0 Å². The molecule has 0 aromatic heterocycles. The lowest BCUT2D eigenvalue weighted by Crippen LogP contribution is -2.20. The highest BCUT2D eigenvalue weighted by Gasteiger charge is 2.13. The molecule has 64 valence electrons. The second kappa shape index (κ2) is 4.27. The molecule has 0 heterocycles. The average Bonchev–Trinajstić information content (AvgIpc) is 1.94. The van der Waals surface area contributed by atoms with Gasteiger partial charge in [0.2, 0.25) is 0 Å². The molecule has 0 spiro atoms. The minimum atomic E-state index is -1.79. The summed E-state index contributed by atoms with van der Waals surface area (Å²) in [6, 6.07) is 5.10. The first kappa shape index (κ1) is 10.0. The summed E-state index contributed by atoms with van der Waals surface area (Å²) in [6.45, 7) is 0. The van der Waals surface area contributed by atoms with Crippen LogP contribution in [0.15, 0.2) is 27.1 Å². The lowest BCUT2D eigenvalue weighted by Gasteiger charge is -2.06. The monoisotopic (exact) mass is 294 g/mol. The van der Waals surface area contributed by atoms with Crippen molar-refractivity contribution in [3.05, 3.63) is 27.1 Å². The molecule has 0 amide bonds. The Labute approximate surface area is 86.8 Å². The first-order valence-electron chi connectivity index (χ1n) is 3.07. The van der Waals surface area contributed by atoms with Gasteiger partial charge in [0, 0.05) is 4.47 Å². The molecule has 1 rings (SSSR count). The van der Waals surface area contributed by atoms with Crippen LogP contribution in [0.25, 0.3) is 0 Å². The van der Waals surface area contributed by atoms with Crippen molar-refractivity contribution >= 4 is 39.2 Å². The smallest absolute Gasteiger partial charge is 0.511 e. The standard InChI is InChI=1S/C6H5BBr2O3/c8-4-1-2-6(5(9)3-4)12-7(10)11/h1-3,10-11H. The molecule has 1 aromatic rings. The topological polar surface area (TPSA) is 49.7 Å². The van der Waals surface area contributed by atoms with Crippen LogP contribution < -0.4 is 4.65 Å². The summed E-state index contributed by atoms with van der Waals surface area (Å²) in [7, 11) is -1.79. The summed E-state index contributed by atoms with van der Waals surface area (Å²) in [6.07, 6.45) is 0. The average molecular weight is 296 g/mol. The van der Waals surface area contributed by atoms with Gasteiger partial charge >= 0.3 is 7.32 Å². The lowest BCUT2D eigenvalue weighted by atomic mass is 10.2. The molecular weight excluding hydrogens is 291 g/mol. The predicted octanol–water partition coefficient (Wildman–Crippen LogP) is 1.56. The molecule has 0 unspecified atom stereocenters. The number of rotatable bonds is 2. The zero-order valence-corrected chi connectivity index (χ0v) is 9.04. The SMILES string of the molecule is OB(O)Oc1ccc(Br)cc1Br. The van der Waals surface area contributed by atoms with Gasteiger partial charge in [0.1, 0.15) is 5.75 Å². The molecule has 3 nitrogen and oxygen atoms in total. The van der Waals surface area contributed by atoms with E-state index < -0.39 is 7.32 Å². The maximum absolute atomic E-state index is 8.50. The van der Waals surface area contributed by atoms with Crippen LogP contribution in [-0.4, -0.2) is 17.4 Å². The van der Waals surface area contributed by atoms with Crippen LogP contribution in [-0.2, 0) is 0 Å². The summed E-state index contributed by atoms with van der Waals surface area (Å²) in [5.74, 6) is 0.383. The third kappa shape index (κ3) is 2.78. The van der Waals surface area contributed by atoms with Crippen molar-refractivity contribution < 1.29 is 14.7 Å². The Hall–Kier alpha value is -0.0351. The Morgan fingerprint density at radius 1 is 1.25 bits per heavy atom. The first-order valence-corrected chi connectivity index (χ1v) is 4.66. The molecule has 2 N–H and O–H groups in total.